The number of aryl methyl sites for hydroxylation is 1. The summed E-state index contributed by atoms with van der Waals surface area (Å²) in [6.45, 7) is 3.49. The van der Waals surface area contributed by atoms with Crippen molar-refractivity contribution in [1.29, 1.82) is 0 Å². The molecular weight excluding hydrogens is 576 g/mol. The highest BCUT2D eigenvalue weighted by atomic mass is 35.5. The van der Waals surface area contributed by atoms with Gasteiger partial charge in [-0.3, -0.25) is 4.79 Å². The number of fused-ring (bicyclic) bond motifs is 3. The maximum Gasteiger partial charge on any atom is 0.264 e. The number of anilines is 1. The van der Waals surface area contributed by atoms with Crippen LogP contribution in [0.25, 0.3) is 0 Å². The Morgan fingerprint density at radius 1 is 1.05 bits per heavy atom. The van der Waals surface area contributed by atoms with Gasteiger partial charge < -0.3 is 19.1 Å². The van der Waals surface area contributed by atoms with Crippen molar-refractivity contribution < 1.29 is 27.4 Å². The molecule has 0 radical (unpaired) electrons. The first kappa shape index (κ1) is 30.9. The molecule has 1 fully saturated rings. The molecule has 1 aliphatic carbocycles. The average molecular weight is 617 g/mol. The topological polar surface area (TPSA) is 94.2 Å². The van der Waals surface area contributed by atoms with Gasteiger partial charge in [-0.15, -0.1) is 0 Å². The van der Waals surface area contributed by atoms with Gasteiger partial charge >= 0.3 is 0 Å². The SMILES string of the molecule is CO[C@H]1/C=C/C[C@H](OC)[C@@H](C)S(=O)(=O)NC(=O)c2ccc3c(c2)N(CCCCc2cc(Cl)ccc2CO3)C[C@@H]2CC[C@H]21. The van der Waals surface area contributed by atoms with Crippen molar-refractivity contribution in [3.8, 4) is 5.75 Å². The van der Waals surface area contributed by atoms with Crippen LogP contribution in [0.1, 0.15) is 60.5 Å². The van der Waals surface area contributed by atoms with Crippen molar-refractivity contribution >= 4 is 33.2 Å². The van der Waals surface area contributed by atoms with E-state index in [0.29, 0.717) is 35.6 Å². The van der Waals surface area contributed by atoms with Crippen molar-refractivity contribution in [1.82, 2.24) is 4.72 Å². The van der Waals surface area contributed by atoms with E-state index in [-0.39, 0.29) is 11.7 Å². The number of sulfonamides is 1. The maximum absolute atomic E-state index is 13.4. The second-order valence-electron chi connectivity index (χ2n) is 11.6. The molecule has 228 valence electrons. The second-order valence-corrected chi connectivity index (χ2v) is 14.1. The van der Waals surface area contributed by atoms with Gasteiger partial charge in [0.15, 0.2) is 0 Å². The number of ether oxygens (including phenoxy) is 3. The summed E-state index contributed by atoms with van der Waals surface area (Å²) in [6, 6.07) is 11.1. The Hall–Kier alpha value is -2.59. The number of rotatable bonds is 2. The number of hydrogen-bond acceptors (Lipinski definition) is 7. The predicted octanol–water partition coefficient (Wildman–Crippen LogP) is 5.53. The molecule has 10 heteroatoms. The van der Waals surface area contributed by atoms with Crippen LogP contribution in [-0.2, 0) is 32.5 Å². The summed E-state index contributed by atoms with van der Waals surface area (Å²) < 4.78 is 46.7. The van der Waals surface area contributed by atoms with Crippen molar-refractivity contribution in [3.63, 3.8) is 0 Å². The number of carbonyl (C=O) groups is 1. The molecule has 42 heavy (non-hydrogen) atoms. The molecule has 2 heterocycles. The predicted molar refractivity (Wildman–Crippen MR) is 165 cm³/mol. The van der Waals surface area contributed by atoms with E-state index in [9.17, 15) is 13.2 Å². The van der Waals surface area contributed by atoms with E-state index in [0.717, 1.165) is 56.4 Å². The van der Waals surface area contributed by atoms with Crippen LogP contribution in [0.2, 0.25) is 5.02 Å². The molecule has 2 aromatic carbocycles. The highest BCUT2D eigenvalue weighted by molar-refractivity contribution is 7.90. The summed E-state index contributed by atoms with van der Waals surface area (Å²) in [6.07, 6.45) is 8.64. The maximum atomic E-state index is 13.4. The molecule has 1 N–H and O–H groups in total. The minimum Gasteiger partial charge on any atom is -0.487 e. The number of nitrogens with zero attached hydrogens (tertiary/aromatic N) is 1. The molecule has 2 aliphatic heterocycles. The highest BCUT2D eigenvalue weighted by Crippen LogP contribution is 2.41. The van der Waals surface area contributed by atoms with Crippen LogP contribution in [0.3, 0.4) is 0 Å². The van der Waals surface area contributed by atoms with Gasteiger partial charge in [-0.25, -0.2) is 13.1 Å². The monoisotopic (exact) mass is 616 g/mol. The van der Waals surface area contributed by atoms with E-state index in [1.165, 1.54) is 12.7 Å². The zero-order chi connectivity index (χ0) is 29.9. The van der Waals surface area contributed by atoms with E-state index < -0.39 is 27.3 Å². The van der Waals surface area contributed by atoms with E-state index in [4.69, 9.17) is 25.8 Å². The van der Waals surface area contributed by atoms with Crippen LogP contribution in [0, 0.1) is 11.8 Å². The minimum atomic E-state index is -4.02. The summed E-state index contributed by atoms with van der Waals surface area (Å²) in [5, 5.41) is -0.237. The third kappa shape index (κ3) is 6.80. The minimum absolute atomic E-state index is 0.0778. The first-order chi connectivity index (χ1) is 20.2. The molecule has 2 aromatic rings. The van der Waals surface area contributed by atoms with Crippen LogP contribution in [0.15, 0.2) is 48.6 Å². The molecule has 8 nitrogen and oxygen atoms in total. The molecule has 3 aliphatic rings. The van der Waals surface area contributed by atoms with Crippen molar-refractivity contribution in [2.75, 3.05) is 32.2 Å². The average Bonchev–Trinajstić information content (AvgIpc) is 2.98. The van der Waals surface area contributed by atoms with E-state index in [2.05, 4.69) is 9.62 Å². The molecule has 2 bridgehead atoms. The third-order valence-corrected chi connectivity index (χ3v) is 11.1. The van der Waals surface area contributed by atoms with Crippen LogP contribution in [0.5, 0.6) is 5.75 Å². The first-order valence-electron chi connectivity index (χ1n) is 14.8. The van der Waals surface area contributed by atoms with Crippen molar-refractivity contribution in [2.45, 2.75) is 69.5 Å². The number of halogens is 1. The van der Waals surface area contributed by atoms with Gasteiger partial charge in [0, 0.05) is 37.9 Å². The van der Waals surface area contributed by atoms with Crippen LogP contribution in [-0.4, -0.2) is 59.1 Å². The summed E-state index contributed by atoms with van der Waals surface area (Å²) in [5.41, 5.74) is 3.32. The van der Waals surface area contributed by atoms with E-state index in [1.807, 2.05) is 30.4 Å². The number of amides is 1. The lowest BCUT2D eigenvalue weighted by Gasteiger charge is -2.43. The zero-order valence-electron chi connectivity index (χ0n) is 24.6. The van der Waals surface area contributed by atoms with E-state index >= 15 is 0 Å². The largest absolute Gasteiger partial charge is 0.487 e. The van der Waals surface area contributed by atoms with Gasteiger partial charge in [0.25, 0.3) is 5.91 Å². The van der Waals surface area contributed by atoms with Crippen molar-refractivity contribution in [3.05, 3.63) is 70.3 Å². The summed E-state index contributed by atoms with van der Waals surface area (Å²) in [5.74, 6) is 0.723. The van der Waals surface area contributed by atoms with Gasteiger partial charge in [0.1, 0.15) is 17.6 Å². The van der Waals surface area contributed by atoms with Crippen LogP contribution in [0.4, 0.5) is 5.69 Å². The Morgan fingerprint density at radius 3 is 2.62 bits per heavy atom. The van der Waals surface area contributed by atoms with Crippen molar-refractivity contribution in [2.24, 2.45) is 11.8 Å². The van der Waals surface area contributed by atoms with Gasteiger partial charge in [-0.2, -0.15) is 0 Å². The summed E-state index contributed by atoms with van der Waals surface area (Å²) >= 11 is 6.31. The van der Waals surface area contributed by atoms with Gasteiger partial charge in [0.05, 0.1) is 17.9 Å². The van der Waals surface area contributed by atoms with E-state index in [1.54, 1.807) is 32.2 Å². The molecule has 0 saturated heterocycles. The summed E-state index contributed by atoms with van der Waals surface area (Å²) in [4.78, 5) is 15.7. The molecule has 1 saturated carbocycles. The smallest absolute Gasteiger partial charge is 0.264 e. The summed E-state index contributed by atoms with van der Waals surface area (Å²) in [7, 11) is -0.803. The Kier molecular flexibility index (Phi) is 9.82. The third-order valence-electron chi connectivity index (χ3n) is 9.11. The molecule has 1 amide bonds. The Morgan fingerprint density at radius 2 is 1.88 bits per heavy atom. The normalized spacial score (nSPS) is 29.0. The number of carbonyl (C=O) groups excluding carboxylic acids is 1. The molecule has 5 atom stereocenters. The van der Waals surface area contributed by atoms with Crippen LogP contribution < -0.4 is 14.4 Å². The first-order valence-corrected chi connectivity index (χ1v) is 16.7. The van der Waals surface area contributed by atoms with Gasteiger partial charge in [0.2, 0.25) is 10.0 Å². The van der Waals surface area contributed by atoms with Gasteiger partial charge in [-0.05, 0) is 98.7 Å². The standard InChI is InChI=1S/C32H41ClN2O6S/c1-21-29(39-2)8-6-9-30(40-3)27-14-11-24(27)19-35-16-5-4-7-22-17-26(33)13-10-25(22)20-41-31-15-12-23(18-28(31)35)32(36)34-42(21,37)38/h6,9-10,12-13,15,17-18,21,24,27,29-30H,4-5,7-8,11,14,16,19-20H2,1-3H3,(H,34,36)/b9-6+/t21-,24+,27-,29+,30+/m1/s1. The molecule has 0 spiro atoms. The Labute approximate surface area is 254 Å². The molecule has 5 rings (SSSR count). The second kappa shape index (κ2) is 13.4. The number of methoxy groups -OCH3 is 2. The number of nitrogens with one attached hydrogen (secondary N) is 1. The van der Waals surface area contributed by atoms with Gasteiger partial charge in [-0.1, -0.05) is 29.8 Å². The fourth-order valence-electron chi connectivity index (χ4n) is 6.32. The fourth-order valence-corrected chi connectivity index (χ4v) is 7.70. The molecule has 0 unspecified atom stereocenters. The lowest BCUT2D eigenvalue weighted by molar-refractivity contribution is 0.0132. The fraction of sp³-hybridized carbons (Fsp3) is 0.531. The Balaban J connectivity index is 1.55. The van der Waals surface area contributed by atoms with Crippen LogP contribution >= 0.6 is 11.6 Å². The highest BCUT2D eigenvalue weighted by Gasteiger charge is 2.38. The molecular formula is C32H41ClN2O6S. The number of hydrogen-bond donors (Lipinski definition) is 1. The number of benzene rings is 2. The molecule has 0 aromatic heterocycles. The Bertz CT molecular complexity index is 1410. The lowest BCUT2D eigenvalue weighted by atomic mass is 9.70. The quantitative estimate of drug-likeness (QED) is 0.444. The lowest BCUT2D eigenvalue weighted by Crippen LogP contribution is -2.44. The zero-order valence-corrected chi connectivity index (χ0v) is 26.1.